The fourth-order valence-electron chi connectivity index (χ4n) is 2.02. The van der Waals surface area contributed by atoms with Crippen molar-refractivity contribution in [3.63, 3.8) is 0 Å². The molecule has 0 bridgehead atoms. The fraction of sp³-hybridized carbons (Fsp3) is 0.294. The van der Waals surface area contributed by atoms with Crippen LogP contribution < -0.4 is 10.1 Å². The molecule has 0 aliphatic rings. The number of ether oxygens (including phenoxy) is 1. The number of nitrogens with zero attached hydrogens (tertiary/aromatic N) is 1. The number of hydrogen-bond donors (Lipinski definition) is 1. The molecule has 0 radical (unpaired) electrons. The number of rotatable bonds is 7. The molecule has 0 saturated carbocycles. The minimum Gasteiger partial charge on any atom is -0.494 e. The molecule has 4 nitrogen and oxygen atoms in total. The summed E-state index contributed by atoms with van der Waals surface area (Å²) in [5.74, 6) is 0.210. The Morgan fingerprint density at radius 2 is 2.21 bits per heavy atom. The van der Waals surface area contributed by atoms with Crippen molar-refractivity contribution in [3.05, 3.63) is 52.4 Å². The molecular formula is C17H18ClFN2O2S. The third kappa shape index (κ3) is 4.61. The van der Waals surface area contributed by atoms with E-state index in [1.165, 1.54) is 31.0 Å². The molecule has 0 saturated heterocycles. The molecule has 24 heavy (non-hydrogen) atoms. The van der Waals surface area contributed by atoms with Crippen LogP contribution in [0.3, 0.4) is 0 Å². The second kappa shape index (κ2) is 8.89. The molecule has 0 atom stereocenters. The summed E-state index contributed by atoms with van der Waals surface area (Å²) in [5.41, 5.74) is 0.982. The van der Waals surface area contributed by atoms with Gasteiger partial charge in [-0.15, -0.1) is 11.8 Å². The molecule has 2 aromatic rings. The number of methoxy groups -OCH3 is 1. The molecule has 0 aliphatic heterocycles. The summed E-state index contributed by atoms with van der Waals surface area (Å²) in [6, 6.07) is 6.13. The highest BCUT2D eigenvalue weighted by Crippen LogP contribution is 2.27. The Kier molecular flexibility index (Phi) is 6.87. The van der Waals surface area contributed by atoms with Gasteiger partial charge in [0, 0.05) is 12.7 Å². The van der Waals surface area contributed by atoms with Crippen LogP contribution in [0.2, 0.25) is 5.02 Å². The number of thioether (sulfide) groups is 1. The maximum absolute atomic E-state index is 13.7. The van der Waals surface area contributed by atoms with Crippen LogP contribution in [0.1, 0.15) is 29.3 Å². The first kappa shape index (κ1) is 18.5. The van der Waals surface area contributed by atoms with E-state index in [2.05, 4.69) is 17.2 Å². The SMILES string of the molecule is CCCSc1nccc(Cl)c1C(=O)NCc1ccc(OC)c(F)c1. The van der Waals surface area contributed by atoms with E-state index >= 15 is 0 Å². The van der Waals surface area contributed by atoms with Crippen LogP contribution in [0.4, 0.5) is 4.39 Å². The van der Waals surface area contributed by atoms with Crippen molar-refractivity contribution in [2.75, 3.05) is 12.9 Å². The Morgan fingerprint density at radius 3 is 2.88 bits per heavy atom. The zero-order valence-corrected chi connectivity index (χ0v) is 15.0. The number of amides is 1. The summed E-state index contributed by atoms with van der Waals surface area (Å²) in [6.45, 7) is 2.23. The second-order valence-corrected chi connectivity index (χ2v) is 6.46. The van der Waals surface area contributed by atoms with Gasteiger partial charge >= 0.3 is 0 Å². The van der Waals surface area contributed by atoms with Crippen molar-refractivity contribution < 1.29 is 13.9 Å². The normalized spacial score (nSPS) is 10.5. The molecule has 1 N–H and O–H groups in total. The van der Waals surface area contributed by atoms with E-state index in [4.69, 9.17) is 16.3 Å². The van der Waals surface area contributed by atoms with Gasteiger partial charge in [0.15, 0.2) is 11.6 Å². The van der Waals surface area contributed by atoms with Gasteiger partial charge < -0.3 is 10.1 Å². The summed E-state index contributed by atoms with van der Waals surface area (Å²) in [4.78, 5) is 16.7. The average molecular weight is 369 g/mol. The molecule has 7 heteroatoms. The number of nitrogens with one attached hydrogen (secondary N) is 1. The maximum atomic E-state index is 13.7. The largest absolute Gasteiger partial charge is 0.494 e. The highest BCUT2D eigenvalue weighted by molar-refractivity contribution is 7.99. The van der Waals surface area contributed by atoms with Gasteiger partial charge in [0.25, 0.3) is 5.91 Å². The molecule has 0 fully saturated rings. The zero-order valence-electron chi connectivity index (χ0n) is 13.4. The molecule has 0 spiro atoms. The van der Waals surface area contributed by atoms with Crippen LogP contribution in [-0.4, -0.2) is 23.8 Å². The Labute approximate surface area is 149 Å². The smallest absolute Gasteiger partial charge is 0.255 e. The van der Waals surface area contributed by atoms with Crippen molar-refractivity contribution in [2.24, 2.45) is 0 Å². The van der Waals surface area contributed by atoms with Crippen molar-refractivity contribution in [2.45, 2.75) is 24.9 Å². The van der Waals surface area contributed by atoms with Gasteiger partial charge in [-0.2, -0.15) is 0 Å². The molecule has 0 unspecified atom stereocenters. The molecule has 128 valence electrons. The minimum absolute atomic E-state index is 0.165. The molecule has 1 aromatic carbocycles. The maximum Gasteiger partial charge on any atom is 0.255 e. The number of benzene rings is 1. The van der Waals surface area contributed by atoms with Gasteiger partial charge in [-0.25, -0.2) is 9.37 Å². The molecular weight excluding hydrogens is 351 g/mol. The molecule has 1 amide bonds. The van der Waals surface area contributed by atoms with Crippen molar-refractivity contribution >= 4 is 29.3 Å². The molecule has 1 aromatic heterocycles. The predicted octanol–water partition coefficient (Wildman–Crippen LogP) is 4.31. The summed E-state index contributed by atoms with van der Waals surface area (Å²) in [7, 11) is 1.40. The second-order valence-electron chi connectivity index (χ2n) is 4.97. The van der Waals surface area contributed by atoms with Gasteiger partial charge in [-0.1, -0.05) is 24.6 Å². The zero-order chi connectivity index (χ0) is 17.5. The van der Waals surface area contributed by atoms with Crippen LogP contribution in [-0.2, 0) is 6.54 Å². The number of carbonyl (C=O) groups is 1. The standard InChI is InChI=1S/C17H18ClFN2O2S/c1-3-8-24-17-15(12(18)6-7-20-17)16(22)21-10-11-4-5-14(23-2)13(19)9-11/h4-7,9H,3,8,10H2,1-2H3,(H,21,22). The van der Waals surface area contributed by atoms with E-state index in [1.54, 1.807) is 18.3 Å². The number of pyridine rings is 1. The van der Waals surface area contributed by atoms with Gasteiger partial charge in [-0.3, -0.25) is 4.79 Å². The summed E-state index contributed by atoms with van der Waals surface area (Å²) < 4.78 is 18.6. The van der Waals surface area contributed by atoms with Crippen LogP contribution in [0, 0.1) is 5.82 Å². The number of aromatic nitrogens is 1. The van der Waals surface area contributed by atoms with Crippen LogP contribution in [0.15, 0.2) is 35.5 Å². The third-order valence-electron chi connectivity index (χ3n) is 3.20. The van der Waals surface area contributed by atoms with E-state index in [0.717, 1.165) is 12.2 Å². The van der Waals surface area contributed by atoms with Crippen LogP contribution >= 0.6 is 23.4 Å². The van der Waals surface area contributed by atoms with Crippen LogP contribution in [0.5, 0.6) is 5.75 Å². The minimum atomic E-state index is -0.470. The Balaban J connectivity index is 2.11. The lowest BCUT2D eigenvalue weighted by atomic mass is 10.2. The Hall–Kier alpha value is -1.79. The van der Waals surface area contributed by atoms with E-state index in [-0.39, 0.29) is 18.2 Å². The van der Waals surface area contributed by atoms with E-state index in [1.807, 2.05) is 0 Å². The summed E-state index contributed by atoms with van der Waals surface area (Å²) >= 11 is 7.64. The van der Waals surface area contributed by atoms with Crippen molar-refractivity contribution in [3.8, 4) is 5.75 Å². The summed E-state index contributed by atoms with van der Waals surface area (Å²) in [5, 5.41) is 3.70. The average Bonchev–Trinajstić information content (AvgIpc) is 2.58. The third-order valence-corrected chi connectivity index (χ3v) is 4.71. The lowest BCUT2D eigenvalue weighted by Crippen LogP contribution is -2.24. The van der Waals surface area contributed by atoms with E-state index in [9.17, 15) is 9.18 Å². The van der Waals surface area contributed by atoms with E-state index < -0.39 is 5.82 Å². The fourth-order valence-corrected chi connectivity index (χ4v) is 3.19. The van der Waals surface area contributed by atoms with Gasteiger partial charge in [-0.05, 0) is 35.9 Å². The quantitative estimate of drug-likeness (QED) is 0.740. The number of carbonyl (C=O) groups excluding carboxylic acids is 1. The molecule has 1 heterocycles. The first-order valence-electron chi connectivity index (χ1n) is 7.44. The van der Waals surface area contributed by atoms with Gasteiger partial charge in [0.05, 0.1) is 17.7 Å². The van der Waals surface area contributed by atoms with Gasteiger partial charge in [0.1, 0.15) is 5.03 Å². The first-order chi connectivity index (χ1) is 11.6. The number of hydrogen-bond acceptors (Lipinski definition) is 4. The number of halogens is 2. The monoisotopic (exact) mass is 368 g/mol. The lowest BCUT2D eigenvalue weighted by molar-refractivity contribution is 0.0947. The molecule has 0 aliphatic carbocycles. The Bertz CT molecular complexity index is 728. The lowest BCUT2D eigenvalue weighted by Gasteiger charge is -2.11. The highest BCUT2D eigenvalue weighted by Gasteiger charge is 2.17. The van der Waals surface area contributed by atoms with Gasteiger partial charge in [0.2, 0.25) is 0 Å². The first-order valence-corrected chi connectivity index (χ1v) is 8.81. The summed E-state index contributed by atoms with van der Waals surface area (Å²) in [6.07, 6.45) is 2.54. The van der Waals surface area contributed by atoms with Crippen molar-refractivity contribution in [1.29, 1.82) is 0 Å². The van der Waals surface area contributed by atoms with Crippen LogP contribution in [0.25, 0.3) is 0 Å². The predicted molar refractivity (Wildman–Crippen MR) is 94.4 cm³/mol. The van der Waals surface area contributed by atoms with E-state index in [0.29, 0.717) is 21.2 Å². The topological polar surface area (TPSA) is 51.2 Å². The highest BCUT2D eigenvalue weighted by atomic mass is 35.5. The Morgan fingerprint density at radius 1 is 1.42 bits per heavy atom. The molecule has 2 rings (SSSR count). The van der Waals surface area contributed by atoms with Crippen molar-refractivity contribution in [1.82, 2.24) is 10.3 Å².